The van der Waals surface area contributed by atoms with E-state index in [1.54, 1.807) is 0 Å². The molecule has 1 saturated carbocycles. The minimum atomic E-state index is 0.822. The van der Waals surface area contributed by atoms with Crippen LogP contribution in [0.2, 0.25) is 0 Å². The highest BCUT2D eigenvalue weighted by molar-refractivity contribution is 4.84. The van der Waals surface area contributed by atoms with Gasteiger partial charge in [-0.1, -0.05) is 78.6 Å². The molecule has 1 heteroatoms. The van der Waals surface area contributed by atoms with Crippen molar-refractivity contribution in [2.45, 2.75) is 110 Å². The lowest BCUT2D eigenvalue weighted by atomic mass is 9.75. The summed E-state index contributed by atoms with van der Waals surface area (Å²) in [6.45, 7) is 8.09. The minimum Gasteiger partial charge on any atom is -0.314 e. The lowest BCUT2D eigenvalue weighted by molar-refractivity contribution is 0.188. The molecule has 1 N–H and O–H groups in total. The highest BCUT2D eigenvalue weighted by Gasteiger charge is 2.28. The second-order valence-electron chi connectivity index (χ2n) is 7.28. The van der Waals surface area contributed by atoms with E-state index in [0.717, 1.165) is 24.4 Å². The second-order valence-corrected chi connectivity index (χ2v) is 7.28. The Labute approximate surface area is 134 Å². The highest BCUT2D eigenvalue weighted by atomic mass is 14.9. The monoisotopic (exact) mass is 295 g/mol. The van der Waals surface area contributed by atoms with Crippen LogP contribution in [0, 0.1) is 11.8 Å². The molecule has 0 heterocycles. The lowest BCUT2D eigenvalue weighted by Crippen LogP contribution is -2.40. The maximum atomic E-state index is 3.75. The maximum Gasteiger partial charge on any atom is 0.00954 e. The molecule has 1 fully saturated rings. The van der Waals surface area contributed by atoms with E-state index in [2.05, 4.69) is 26.1 Å². The highest BCUT2D eigenvalue weighted by Crippen LogP contribution is 2.34. The van der Waals surface area contributed by atoms with Gasteiger partial charge in [0.1, 0.15) is 0 Å². The van der Waals surface area contributed by atoms with Crippen LogP contribution in [-0.2, 0) is 0 Å². The van der Waals surface area contributed by atoms with Gasteiger partial charge in [-0.3, -0.25) is 0 Å². The first kappa shape index (κ1) is 19.0. The molecule has 0 aromatic carbocycles. The summed E-state index contributed by atoms with van der Waals surface area (Å²) in [7, 11) is 0. The van der Waals surface area contributed by atoms with Crippen molar-refractivity contribution in [2.75, 3.05) is 6.54 Å². The second kappa shape index (κ2) is 12.5. The molecule has 0 amide bonds. The fraction of sp³-hybridized carbons (Fsp3) is 1.00. The average Bonchev–Trinajstić information content (AvgIpc) is 2.51. The predicted molar refractivity (Wildman–Crippen MR) is 95.8 cm³/mol. The zero-order chi connectivity index (χ0) is 15.3. The summed E-state index contributed by atoms with van der Waals surface area (Å²) in [5.74, 6) is 1.97. The summed E-state index contributed by atoms with van der Waals surface area (Å²) in [5.41, 5.74) is 0. The van der Waals surface area contributed by atoms with Crippen LogP contribution in [0.15, 0.2) is 0 Å². The molecule has 126 valence electrons. The molecule has 0 aromatic heterocycles. The Morgan fingerprint density at radius 3 is 2.10 bits per heavy atom. The molecule has 3 atom stereocenters. The van der Waals surface area contributed by atoms with Gasteiger partial charge in [-0.25, -0.2) is 0 Å². The maximum absolute atomic E-state index is 3.75. The van der Waals surface area contributed by atoms with Gasteiger partial charge in [-0.2, -0.15) is 0 Å². The summed E-state index contributed by atoms with van der Waals surface area (Å²) in [6, 6.07) is 0.822. The normalized spacial score (nSPS) is 26.1. The molecule has 0 bridgehead atoms. The lowest BCUT2D eigenvalue weighted by Gasteiger charge is -2.36. The Morgan fingerprint density at radius 1 is 0.810 bits per heavy atom. The summed E-state index contributed by atoms with van der Waals surface area (Å²) in [4.78, 5) is 0. The third-order valence-electron chi connectivity index (χ3n) is 5.56. The van der Waals surface area contributed by atoms with E-state index in [9.17, 15) is 0 Å². The van der Waals surface area contributed by atoms with Gasteiger partial charge in [-0.15, -0.1) is 0 Å². The van der Waals surface area contributed by atoms with Crippen LogP contribution >= 0.6 is 0 Å². The van der Waals surface area contributed by atoms with Gasteiger partial charge in [0.05, 0.1) is 0 Å². The first-order chi connectivity index (χ1) is 10.3. The number of hydrogen-bond donors (Lipinski definition) is 1. The molecule has 1 nitrogen and oxygen atoms in total. The van der Waals surface area contributed by atoms with Gasteiger partial charge in [-0.05, 0) is 44.1 Å². The van der Waals surface area contributed by atoms with E-state index in [0.29, 0.717) is 0 Å². The number of nitrogens with one attached hydrogen (secondary N) is 1. The van der Waals surface area contributed by atoms with Crippen molar-refractivity contribution in [3.05, 3.63) is 0 Å². The van der Waals surface area contributed by atoms with Crippen LogP contribution in [0.3, 0.4) is 0 Å². The van der Waals surface area contributed by atoms with Gasteiger partial charge in [0.25, 0.3) is 0 Å². The van der Waals surface area contributed by atoms with E-state index < -0.39 is 0 Å². The molecule has 0 aliphatic heterocycles. The summed E-state index contributed by atoms with van der Waals surface area (Å²) in [6.07, 6.45) is 18.9. The van der Waals surface area contributed by atoms with Crippen molar-refractivity contribution in [3.8, 4) is 0 Å². The zero-order valence-corrected chi connectivity index (χ0v) is 15.1. The first-order valence-corrected chi connectivity index (χ1v) is 10.0. The van der Waals surface area contributed by atoms with Crippen LogP contribution in [0.1, 0.15) is 104 Å². The Hall–Kier alpha value is -0.0400. The van der Waals surface area contributed by atoms with Crippen molar-refractivity contribution < 1.29 is 0 Å². The minimum absolute atomic E-state index is 0.822. The predicted octanol–water partition coefficient (Wildman–Crippen LogP) is 6.32. The Balaban J connectivity index is 2.11. The van der Waals surface area contributed by atoms with Gasteiger partial charge in [0, 0.05) is 6.04 Å². The Bertz CT molecular complexity index is 226. The van der Waals surface area contributed by atoms with E-state index in [1.807, 2.05) is 0 Å². The summed E-state index contributed by atoms with van der Waals surface area (Å²) >= 11 is 0. The van der Waals surface area contributed by atoms with Crippen molar-refractivity contribution in [3.63, 3.8) is 0 Å². The van der Waals surface area contributed by atoms with Crippen molar-refractivity contribution >= 4 is 0 Å². The molecule has 1 rings (SSSR count). The molecule has 0 radical (unpaired) electrons. The molecule has 21 heavy (non-hydrogen) atoms. The van der Waals surface area contributed by atoms with Crippen LogP contribution in [-0.4, -0.2) is 12.6 Å². The topological polar surface area (TPSA) is 12.0 Å². The quantitative estimate of drug-likeness (QED) is 0.415. The van der Waals surface area contributed by atoms with Crippen LogP contribution in [0.5, 0.6) is 0 Å². The molecule has 0 aromatic rings. The Kier molecular flexibility index (Phi) is 11.3. The molecule has 3 unspecified atom stereocenters. The fourth-order valence-electron chi connectivity index (χ4n) is 4.12. The van der Waals surface area contributed by atoms with E-state index in [4.69, 9.17) is 0 Å². The largest absolute Gasteiger partial charge is 0.314 e. The van der Waals surface area contributed by atoms with Crippen LogP contribution in [0.25, 0.3) is 0 Å². The molecule has 1 aliphatic rings. The summed E-state index contributed by atoms with van der Waals surface area (Å²) in [5, 5.41) is 3.75. The van der Waals surface area contributed by atoms with Gasteiger partial charge in [0.2, 0.25) is 0 Å². The fourth-order valence-corrected chi connectivity index (χ4v) is 4.12. The SMILES string of the molecule is CCCCCCCCCCC1CC(CC)CCC1NCC. The van der Waals surface area contributed by atoms with Crippen molar-refractivity contribution in [2.24, 2.45) is 11.8 Å². The molecule has 1 aliphatic carbocycles. The molecular formula is C20H41N. The standard InChI is InChI=1S/C20H41N/c1-4-7-8-9-10-11-12-13-14-19-17-18(5-2)15-16-20(19)21-6-3/h18-21H,4-17H2,1-3H3. The average molecular weight is 296 g/mol. The number of unbranched alkanes of at least 4 members (excludes halogenated alkanes) is 7. The summed E-state index contributed by atoms with van der Waals surface area (Å²) < 4.78 is 0. The Morgan fingerprint density at radius 2 is 1.48 bits per heavy atom. The van der Waals surface area contributed by atoms with Crippen LogP contribution in [0.4, 0.5) is 0 Å². The number of hydrogen-bond acceptors (Lipinski definition) is 1. The van der Waals surface area contributed by atoms with Crippen LogP contribution < -0.4 is 5.32 Å². The van der Waals surface area contributed by atoms with Gasteiger partial charge < -0.3 is 5.32 Å². The zero-order valence-electron chi connectivity index (χ0n) is 15.1. The first-order valence-electron chi connectivity index (χ1n) is 10.0. The van der Waals surface area contributed by atoms with E-state index in [-0.39, 0.29) is 0 Å². The molecule has 0 saturated heterocycles. The molecular weight excluding hydrogens is 254 g/mol. The van der Waals surface area contributed by atoms with Gasteiger partial charge in [0.15, 0.2) is 0 Å². The molecule has 0 spiro atoms. The van der Waals surface area contributed by atoms with Crippen molar-refractivity contribution in [1.29, 1.82) is 0 Å². The smallest absolute Gasteiger partial charge is 0.00954 e. The number of rotatable bonds is 12. The van der Waals surface area contributed by atoms with Gasteiger partial charge >= 0.3 is 0 Å². The van der Waals surface area contributed by atoms with E-state index in [1.165, 1.54) is 83.5 Å². The third kappa shape index (κ3) is 8.24. The third-order valence-corrected chi connectivity index (χ3v) is 5.56. The van der Waals surface area contributed by atoms with Crippen molar-refractivity contribution in [1.82, 2.24) is 5.32 Å². The van der Waals surface area contributed by atoms with E-state index >= 15 is 0 Å².